The predicted molar refractivity (Wildman–Crippen MR) is 80.9 cm³/mol. The van der Waals surface area contributed by atoms with Gasteiger partial charge in [-0.2, -0.15) is 5.10 Å². The van der Waals surface area contributed by atoms with Crippen LogP contribution in [0, 0.1) is 6.92 Å². The van der Waals surface area contributed by atoms with Crippen molar-refractivity contribution in [2.75, 3.05) is 11.9 Å². The van der Waals surface area contributed by atoms with Crippen molar-refractivity contribution in [2.24, 2.45) is 7.05 Å². The molecule has 0 bridgehead atoms. The fourth-order valence-corrected chi connectivity index (χ4v) is 2.28. The largest absolute Gasteiger partial charge is 0.387 e. The molecule has 0 aliphatic carbocycles. The molecule has 0 amide bonds. The van der Waals surface area contributed by atoms with E-state index in [4.69, 9.17) is 0 Å². The Morgan fingerprint density at radius 2 is 2.19 bits per heavy atom. The maximum atomic E-state index is 10.3. The van der Waals surface area contributed by atoms with Gasteiger partial charge in [0.15, 0.2) is 5.65 Å². The molecule has 1 unspecified atom stereocenters. The standard InChI is InChI=1S/C15H17N5O/c1-10-4-3-5-11(6-10)13(21)7-16-14-12-8-20(2)19-15(12)18-9-17-14/h3-6,8-9,13,21H,7H2,1-2H3,(H,16,17,18,19). The quantitative estimate of drug-likeness (QED) is 0.764. The first kappa shape index (κ1) is 13.5. The predicted octanol–water partition coefficient (Wildman–Crippen LogP) is 1.82. The number of aliphatic hydroxyl groups excluding tert-OH is 1. The minimum absolute atomic E-state index is 0.379. The number of nitrogens with one attached hydrogen (secondary N) is 1. The van der Waals surface area contributed by atoms with E-state index in [9.17, 15) is 5.11 Å². The van der Waals surface area contributed by atoms with E-state index < -0.39 is 6.10 Å². The van der Waals surface area contributed by atoms with Gasteiger partial charge in [-0.05, 0) is 12.5 Å². The average molecular weight is 283 g/mol. The van der Waals surface area contributed by atoms with Crippen LogP contribution in [-0.2, 0) is 7.05 Å². The summed E-state index contributed by atoms with van der Waals surface area (Å²) in [6.07, 6.45) is 2.74. The molecule has 21 heavy (non-hydrogen) atoms. The highest BCUT2D eigenvalue weighted by molar-refractivity contribution is 5.85. The van der Waals surface area contributed by atoms with Crippen molar-refractivity contribution in [3.63, 3.8) is 0 Å². The Bertz CT molecular complexity index is 768. The Kier molecular flexibility index (Phi) is 3.53. The molecular weight excluding hydrogens is 266 g/mol. The fraction of sp³-hybridized carbons (Fsp3) is 0.267. The molecule has 1 aromatic carbocycles. The minimum atomic E-state index is -0.591. The lowest BCUT2D eigenvalue weighted by molar-refractivity contribution is 0.191. The fourth-order valence-electron chi connectivity index (χ4n) is 2.28. The Labute approximate surface area is 122 Å². The summed E-state index contributed by atoms with van der Waals surface area (Å²) in [5.74, 6) is 0.680. The van der Waals surface area contributed by atoms with Gasteiger partial charge in [-0.3, -0.25) is 4.68 Å². The molecule has 0 aliphatic heterocycles. The van der Waals surface area contributed by atoms with Gasteiger partial charge in [-0.1, -0.05) is 29.8 Å². The molecule has 2 N–H and O–H groups in total. The molecule has 0 saturated carbocycles. The molecule has 6 nitrogen and oxygen atoms in total. The molecule has 0 saturated heterocycles. The zero-order chi connectivity index (χ0) is 14.8. The van der Waals surface area contributed by atoms with Crippen molar-refractivity contribution in [2.45, 2.75) is 13.0 Å². The highest BCUT2D eigenvalue weighted by Crippen LogP contribution is 2.19. The number of nitrogens with zero attached hydrogens (tertiary/aromatic N) is 4. The van der Waals surface area contributed by atoms with Crippen LogP contribution < -0.4 is 5.32 Å². The van der Waals surface area contributed by atoms with Gasteiger partial charge in [0.05, 0.1) is 11.5 Å². The summed E-state index contributed by atoms with van der Waals surface area (Å²) in [5.41, 5.74) is 2.65. The number of aryl methyl sites for hydroxylation is 2. The smallest absolute Gasteiger partial charge is 0.186 e. The second kappa shape index (κ2) is 5.49. The van der Waals surface area contributed by atoms with Crippen molar-refractivity contribution in [1.82, 2.24) is 19.7 Å². The van der Waals surface area contributed by atoms with Gasteiger partial charge < -0.3 is 10.4 Å². The first-order valence-electron chi connectivity index (χ1n) is 6.76. The molecule has 108 valence electrons. The summed E-state index contributed by atoms with van der Waals surface area (Å²) in [7, 11) is 1.84. The number of hydrogen-bond donors (Lipinski definition) is 2. The van der Waals surface area contributed by atoms with Crippen molar-refractivity contribution < 1.29 is 5.11 Å². The molecule has 6 heteroatoms. The SMILES string of the molecule is Cc1cccc(C(O)CNc2ncnc3nn(C)cc23)c1. The third-order valence-electron chi connectivity index (χ3n) is 3.32. The van der Waals surface area contributed by atoms with Gasteiger partial charge in [0.1, 0.15) is 12.1 Å². The zero-order valence-electron chi connectivity index (χ0n) is 12.0. The number of aromatic nitrogens is 4. The van der Waals surface area contributed by atoms with E-state index in [-0.39, 0.29) is 0 Å². The van der Waals surface area contributed by atoms with E-state index in [1.807, 2.05) is 44.4 Å². The Morgan fingerprint density at radius 1 is 1.33 bits per heavy atom. The average Bonchev–Trinajstić information content (AvgIpc) is 2.85. The van der Waals surface area contributed by atoms with Gasteiger partial charge in [0.2, 0.25) is 0 Å². The Morgan fingerprint density at radius 3 is 3.00 bits per heavy atom. The number of benzene rings is 1. The van der Waals surface area contributed by atoms with E-state index in [1.54, 1.807) is 4.68 Å². The molecule has 0 radical (unpaired) electrons. The second-order valence-corrected chi connectivity index (χ2v) is 5.07. The van der Waals surface area contributed by atoms with E-state index in [1.165, 1.54) is 6.33 Å². The molecule has 0 spiro atoms. The van der Waals surface area contributed by atoms with Gasteiger partial charge in [0, 0.05) is 19.8 Å². The van der Waals surface area contributed by atoms with Crippen LogP contribution in [0.1, 0.15) is 17.2 Å². The Hall–Kier alpha value is -2.47. The molecule has 3 rings (SSSR count). The first-order chi connectivity index (χ1) is 10.1. The van der Waals surface area contributed by atoms with Crippen molar-refractivity contribution >= 4 is 16.9 Å². The van der Waals surface area contributed by atoms with Crippen LogP contribution in [0.3, 0.4) is 0 Å². The lowest BCUT2D eigenvalue weighted by atomic mass is 10.1. The molecule has 0 aliphatic rings. The van der Waals surface area contributed by atoms with Crippen LogP contribution in [0.5, 0.6) is 0 Å². The number of anilines is 1. The molecule has 1 atom stereocenters. The maximum Gasteiger partial charge on any atom is 0.186 e. The topological polar surface area (TPSA) is 75.9 Å². The normalized spacial score (nSPS) is 12.5. The van der Waals surface area contributed by atoms with Crippen molar-refractivity contribution in [1.29, 1.82) is 0 Å². The van der Waals surface area contributed by atoms with Gasteiger partial charge in [-0.25, -0.2) is 9.97 Å². The highest BCUT2D eigenvalue weighted by atomic mass is 16.3. The van der Waals surface area contributed by atoms with Gasteiger partial charge in [-0.15, -0.1) is 0 Å². The number of fused-ring (bicyclic) bond motifs is 1. The number of hydrogen-bond acceptors (Lipinski definition) is 5. The molecular formula is C15H17N5O. The number of rotatable bonds is 4. The van der Waals surface area contributed by atoms with E-state index in [0.717, 1.165) is 16.5 Å². The maximum absolute atomic E-state index is 10.3. The van der Waals surface area contributed by atoms with Crippen LogP contribution in [0.25, 0.3) is 11.0 Å². The van der Waals surface area contributed by atoms with Crippen LogP contribution in [0.2, 0.25) is 0 Å². The molecule has 2 aromatic heterocycles. The van der Waals surface area contributed by atoms with E-state index in [2.05, 4.69) is 20.4 Å². The van der Waals surface area contributed by atoms with Crippen molar-refractivity contribution in [3.05, 3.63) is 47.9 Å². The summed E-state index contributed by atoms with van der Waals surface area (Å²) < 4.78 is 1.70. The summed E-state index contributed by atoms with van der Waals surface area (Å²) >= 11 is 0. The lowest BCUT2D eigenvalue weighted by Crippen LogP contribution is -2.13. The molecule has 3 aromatic rings. The van der Waals surface area contributed by atoms with Crippen LogP contribution in [0.15, 0.2) is 36.8 Å². The number of aliphatic hydroxyl groups is 1. The molecule has 0 fully saturated rings. The lowest BCUT2D eigenvalue weighted by Gasteiger charge is -2.13. The van der Waals surface area contributed by atoms with E-state index in [0.29, 0.717) is 18.0 Å². The monoisotopic (exact) mass is 283 g/mol. The summed E-state index contributed by atoms with van der Waals surface area (Å²) in [6.45, 7) is 2.39. The van der Waals surface area contributed by atoms with Gasteiger partial charge >= 0.3 is 0 Å². The third-order valence-corrected chi connectivity index (χ3v) is 3.32. The minimum Gasteiger partial charge on any atom is -0.387 e. The van der Waals surface area contributed by atoms with Crippen LogP contribution in [0.4, 0.5) is 5.82 Å². The Balaban J connectivity index is 1.77. The van der Waals surface area contributed by atoms with Crippen LogP contribution in [-0.4, -0.2) is 31.4 Å². The summed E-state index contributed by atoms with van der Waals surface area (Å²) in [6, 6.07) is 7.84. The van der Waals surface area contributed by atoms with Gasteiger partial charge in [0.25, 0.3) is 0 Å². The first-order valence-corrected chi connectivity index (χ1v) is 6.76. The van der Waals surface area contributed by atoms with Crippen LogP contribution >= 0.6 is 0 Å². The summed E-state index contributed by atoms with van der Waals surface area (Å²) in [5, 5.41) is 18.5. The van der Waals surface area contributed by atoms with E-state index >= 15 is 0 Å². The third kappa shape index (κ3) is 2.85. The highest BCUT2D eigenvalue weighted by Gasteiger charge is 2.11. The van der Waals surface area contributed by atoms with Crippen molar-refractivity contribution in [3.8, 4) is 0 Å². The second-order valence-electron chi connectivity index (χ2n) is 5.07. The zero-order valence-corrected chi connectivity index (χ0v) is 12.0. The molecule has 2 heterocycles. The summed E-state index contributed by atoms with van der Waals surface area (Å²) in [4.78, 5) is 8.33.